The first kappa shape index (κ1) is 16.2. The van der Waals surface area contributed by atoms with Crippen molar-refractivity contribution in [2.75, 3.05) is 13.7 Å². The molecule has 2 rings (SSSR count). The topological polar surface area (TPSA) is 93.5 Å². The third-order valence-corrected chi connectivity index (χ3v) is 4.05. The molecule has 1 atom stereocenters. The lowest BCUT2D eigenvalue weighted by Crippen LogP contribution is -2.37. The van der Waals surface area contributed by atoms with Crippen molar-refractivity contribution in [3.63, 3.8) is 0 Å². The number of nitrogens with zero attached hydrogens (tertiary/aromatic N) is 2. The zero-order valence-electron chi connectivity index (χ0n) is 12.5. The number of carbonyl (C=O) groups is 2. The van der Waals surface area contributed by atoms with Gasteiger partial charge in [0, 0.05) is 30.1 Å². The Balaban J connectivity index is 2.18. The van der Waals surface area contributed by atoms with Gasteiger partial charge in [-0.3, -0.25) is 9.36 Å². The van der Waals surface area contributed by atoms with E-state index in [0.29, 0.717) is 5.56 Å². The average Bonchev–Trinajstić information content (AvgIpc) is 3.07. The summed E-state index contributed by atoms with van der Waals surface area (Å²) in [4.78, 5) is 27.4. The lowest BCUT2D eigenvalue weighted by molar-refractivity contribution is -0.148. The van der Waals surface area contributed by atoms with Crippen LogP contribution in [0.2, 0.25) is 0 Å². The number of carbonyl (C=O) groups excluding carboxylic acids is 1. The summed E-state index contributed by atoms with van der Waals surface area (Å²) in [5.41, 5.74) is 2.14. The lowest BCUT2D eigenvalue weighted by atomic mass is 10.2. The van der Waals surface area contributed by atoms with Crippen LogP contribution in [-0.2, 0) is 9.53 Å². The Morgan fingerprint density at radius 3 is 2.77 bits per heavy atom. The van der Waals surface area contributed by atoms with Crippen molar-refractivity contribution in [3.8, 4) is 5.13 Å². The third kappa shape index (κ3) is 3.18. The molecule has 0 radical (unpaired) electrons. The Morgan fingerprint density at radius 2 is 2.23 bits per heavy atom. The number of hydrogen-bond acceptors (Lipinski definition) is 5. The van der Waals surface area contributed by atoms with Gasteiger partial charge in [0.05, 0.1) is 12.1 Å². The molecule has 1 amide bonds. The summed E-state index contributed by atoms with van der Waals surface area (Å²) in [6.07, 6.45) is 0.640. The van der Waals surface area contributed by atoms with Gasteiger partial charge >= 0.3 is 5.97 Å². The molecule has 0 saturated heterocycles. The summed E-state index contributed by atoms with van der Waals surface area (Å²) >= 11 is 1.48. The van der Waals surface area contributed by atoms with Gasteiger partial charge in [-0.1, -0.05) is 0 Å². The van der Waals surface area contributed by atoms with Crippen molar-refractivity contribution in [2.45, 2.75) is 20.0 Å². The summed E-state index contributed by atoms with van der Waals surface area (Å²) in [6.45, 7) is 3.63. The maximum Gasteiger partial charge on any atom is 0.334 e. The second-order valence-electron chi connectivity index (χ2n) is 4.71. The van der Waals surface area contributed by atoms with E-state index in [1.54, 1.807) is 12.3 Å². The van der Waals surface area contributed by atoms with Crippen LogP contribution in [0.4, 0.5) is 0 Å². The van der Waals surface area contributed by atoms with Crippen molar-refractivity contribution < 1.29 is 19.4 Å². The van der Waals surface area contributed by atoms with E-state index < -0.39 is 12.1 Å². The van der Waals surface area contributed by atoms with E-state index in [1.807, 2.05) is 23.8 Å². The van der Waals surface area contributed by atoms with Gasteiger partial charge in [-0.2, -0.15) is 0 Å². The SMILES string of the molecule is COC(CNC(=O)c1cc(C)n(-c2nccs2)c1C)C(=O)O. The molecular formula is C14H17N3O4S. The van der Waals surface area contributed by atoms with Crippen molar-refractivity contribution in [3.05, 3.63) is 34.6 Å². The summed E-state index contributed by atoms with van der Waals surface area (Å²) < 4.78 is 6.68. The van der Waals surface area contributed by atoms with Crippen LogP contribution in [0.1, 0.15) is 21.7 Å². The third-order valence-electron chi connectivity index (χ3n) is 3.29. The molecule has 22 heavy (non-hydrogen) atoms. The number of carboxylic acids is 1. The van der Waals surface area contributed by atoms with Gasteiger partial charge in [-0.05, 0) is 19.9 Å². The minimum atomic E-state index is -1.11. The van der Waals surface area contributed by atoms with E-state index >= 15 is 0 Å². The van der Waals surface area contributed by atoms with Crippen molar-refractivity contribution >= 4 is 23.2 Å². The van der Waals surface area contributed by atoms with Gasteiger partial charge in [0.15, 0.2) is 11.2 Å². The number of thiazole rings is 1. The highest BCUT2D eigenvalue weighted by Crippen LogP contribution is 2.22. The summed E-state index contributed by atoms with van der Waals surface area (Å²) in [5.74, 6) is -1.45. The summed E-state index contributed by atoms with van der Waals surface area (Å²) in [5, 5.41) is 14.1. The second kappa shape index (κ2) is 6.71. The van der Waals surface area contributed by atoms with Crippen molar-refractivity contribution in [1.29, 1.82) is 0 Å². The van der Waals surface area contributed by atoms with Crippen LogP contribution >= 0.6 is 11.3 Å². The van der Waals surface area contributed by atoms with Crippen LogP contribution in [-0.4, -0.2) is 46.3 Å². The molecule has 0 bridgehead atoms. The van der Waals surface area contributed by atoms with Crippen molar-refractivity contribution in [1.82, 2.24) is 14.9 Å². The van der Waals surface area contributed by atoms with E-state index in [1.165, 1.54) is 18.4 Å². The molecule has 0 saturated carbocycles. The maximum absolute atomic E-state index is 12.3. The molecule has 118 valence electrons. The predicted molar refractivity (Wildman–Crippen MR) is 81.7 cm³/mol. The fourth-order valence-electron chi connectivity index (χ4n) is 2.17. The Kier molecular flexibility index (Phi) is 4.94. The van der Waals surface area contributed by atoms with Gasteiger partial charge in [0.25, 0.3) is 5.91 Å². The molecule has 0 aliphatic heterocycles. The molecule has 0 fully saturated rings. The molecule has 2 aromatic heterocycles. The number of aryl methyl sites for hydroxylation is 1. The molecular weight excluding hydrogens is 306 g/mol. The smallest absolute Gasteiger partial charge is 0.334 e. The Bertz CT molecular complexity index is 679. The average molecular weight is 323 g/mol. The highest BCUT2D eigenvalue weighted by Gasteiger charge is 2.21. The van der Waals surface area contributed by atoms with Crippen LogP contribution in [0.5, 0.6) is 0 Å². The fraction of sp³-hybridized carbons (Fsp3) is 0.357. The van der Waals surface area contributed by atoms with Crippen LogP contribution in [0.25, 0.3) is 5.13 Å². The number of rotatable bonds is 6. The van der Waals surface area contributed by atoms with E-state index in [2.05, 4.69) is 10.3 Å². The van der Waals surface area contributed by atoms with Gasteiger partial charge in [0.2, 0.25) is 0 Å². The van der Waals surface area contributed by atoms with Gasteiger partial charge in [-0.25, -0.2) is 9.78 Å². The molecule has 0 aliphatic carbocycles. The molecule has 2 N–H and O–H groups in total. The Hall–Kier alpha value is -2.19. The molecule has 7 nitrogen and oxygen atoms in total. The zero-order chi connectivity index (χ0) is 16.3. The number of hydrogen-bond donors (Lipinski definition) is 2. The van der Waals surface area contributed by atoms with E-state index in [0.717, 1.165) is 16.5 Å². The minimum Gasteiger partial charge on any atom is -0.479 e. The van der Waals surface area contributed by atoms with E-state index in [4.69, 9.17) is 9.84 Å². The van der Waals surface area contributed by atoms with Crippen LogP contribution in [0.3, 0.4) is 0 Å². The van der Waals surface area contributed by atoms with Gasteiger partial charge in [0.1, 0.15) is 0 Å². The highest BCUT2D eigenvalue weighted by molar-refractivity contribution is 7.12. The van der Waals surface area contributed by atoms with E-state index in [9.17, 15) is 9.59 Å². The molecule has 0 spiro atoms. The van der Waals surface area contributed by atoms with Crippen LogP contribution in [0, 0.1) is 13.8 Å². The molecule has 0 aliphatic rings. The molecule has 8 heteroatoms. The predicted octanol–water partition coefficient (Wildman–Crippen LogP) is 1.38. The number of methoxy groups -OCH3 is 1. The molecule has 0 aromatic carbocycles. The standard InChI is InChI=1S/C14H17N3O4S/c1-8-6-10(9(2)17(8)14-15-4-5-22-14)12(18)16-7-11(21-3)13(19)20/h4-6,11H,7H2,1-3H3,(H,16,18)(H,19,20). The highest BCUT2D eigenvalue weighted by atomic mass is 32.1. The molecule has 2 heterocycles. The molecule has 1 unspecified atom stereocenters. The number of amides is 1. The number of aliphatic carboxylic acids is 1. The number of aromatic nitrogens is 2. The Labute approximate surface area is 131 Å². The van der Waals surface area contributed by atoms with Gasteiger partial charge < -0.3 is 15.2 Å². The van der Waals surface area contributed by atoms with Crippen LogP contribution in [0.15, 0.2) is 17.6 Å². The first-order valence-electron chi connectivity index (χ1n) is 6.58. The van der Waals surface area contributed by atoms with Crippen molar-refractivity contribution in [2.24, 2.45) is 0 Å². The zero-order valence-corrected chi connectivity index (χ0v) is 13.3. The first-order valence-corrected chi connectivity index (χ1v) is 7.46. The largest absolute Gasteiger partial charge is 0.479 e. The quantitative estimate of drug-likeness (QED) is 0.837. The normalized spacial score (nSPS) is 12.1. The number of ether oxygens (including phenoxy) is 1. The lowest BCUT2D eigenvalue weighted by Gasteiger charge is -2.11. The second-order valence-corrected chi connectivity index (χ2v) is 5.58. The first-order chi connectivity index (χ1) is 10.5. The van der Waals surface area contributed by atoms with E-state index in [-0.39, 0.29) is 12.5 Å². The number of nitrogens with one attached hydrogen (secondary N) is 1. The number of carboxylic acid groups (broad SMARTS) is 1. The van der Waals surface area contributed by atoms with Gasteiger partial charge in [-0.15, -0.1) is 11.3 Å². The Morgan fingerprint density at radius 1 is 1.50 bits per heavy atom. The molecule has 2 aromatic rings. The van der Waals surface area contributed by atoms with Crippen LogP contribution < -0.4 is 5.32 Å². The maximum atomic E-state index is 12.3. The minimum absolute atomic E-state index is 0.0917. The fourth-order valence-corrected chi connectivity index (χ4v) is 2.92. The summed E-state index contributed by atoms with van der Waals surface area (Å²) in [7, 11) is 1.29. The summed E-state index contributed by atoms with van der Waals surface area (Å²) in [6, 6.07) is 1.76. The monoisotopic (exact) mass is 323 g/mol.